The van der Waals surface area contributed by atoms with Crippen molar-refractivity contribution in [1.82, 2.24) is 9.97 Å². The van der Waals surface area contributed by atoms with E-state index in [4.69, 9.17) is 5.11 Å². The van der Waals surface area contributed by atoms with Gasteiger partial charge in [0.05, 0.1) is 16.6 Å². The van der Waals surface area contributed by atoms with E-state index in [1.807, 2.05) is 0 Å². The van der Waals surface area contributed by atoms with Crippen LogP contribution in [0.1, 0.15) is 10.4 Å². The molecule has 1 aromatic heterocycles. The zero-order chi connectivity index (χ0) is 14.1. The lowest BCUT2D eigenvalue weighted by molar-refractivity contribution is 0.0697. The van der Waals surface area contributed by atoms with Gasteiger partial charge in [0.2, 0.25) is 5.95 Å². The molecule has 3 aromatic rings. The van der Waals surface area contributed by atoms with Crippen LogP contribution in [0.5, 0.6) is 0 Å². The van der Waals surface area contributed by atoms with Gasteiger partial charge in [-0.2, -0.15) is 0 Å². The number of aromatic amines is 1. The van der Waals surface area contributed by atoms with Gasteiger partial charge in [-0.25, -0.2) is 14.2 Å². The van der Waals surface area contributed by atoms with Crippen LogP contribution in [-0.2, 0) is 0 Å². The largest absolute Gasteiger partial charge is 0.478 e. The molecule has 3 N–H and O–H groups in total. The van der Waals surface area contributed by atoms with Crippen molar-refractivity contribution < 1.29 is 14.3 Å². The van der Waals surface area contributed by atoms with E-state index in [-0.39, 0.29) is 11.4 Å². The van der Waals surface area contributed by atoms with E-state index in [0.717, 1.165) is 0 Å². The first kappa shape index (κ1) is 12.2. The maximum absolute atomic E-state index is 13.1. The lowest BCUT2D eigenvalue weighted by Crippen LogP contribution is -1.98. The number of imidazole rings is 1. The van der Waals surface area contributed by atoms with E-state index >= 15 is 0 Å². The molecule has 0 spiro atoms. The average Bonchev–Trinajstić information content (AvgIpc) is 2.80. The lowest BCUT2D eigenvalue weighted by Gasteiger charge is -2.03. The third kappa shape index (κ3) is 2.31. The fourth-order valence-corrected chi connectivity index (χ4v) is 1.91. The molecule has 0 saturated carbocycles. The molecule has 0 amide bonds. The Hall–Kier alpha value is -2.89. The summed E-state index contributed by atoms with van der Waals surface area (Å²) in [5.41, 5.74) is 1.96. The topological polar surface area (TPSA) is 78.0 Å². The number of aromatic nitrogens is 2. The average molecular weight is 271 g/mol. The van der Waals surface area contributed by atoms with Gasteiger partial charge in [-0.3, -0.25) is 0 Å². The van der Waals surface area contributed by atoms with E-state index in [2.05, 4.69) is 15.3 Å². The number of carboxylic acids is 1. The van der Waals surface area contributed by atoms with E-state index in [0.29, 0.717) is 22.7 Å². The fraction of sp³-hybridized carbons (Fsp3) is 0. The summed E-state index contributed by atoms with van der Waals surface area (Å²) in [5.74, 6) is -0.922. The predicted molar refractivity (Wildman–Crippen MR) is 72.7 cm³/mol. The number of carboxylic acid groups (broad SMARTS) is 1. The molecule has 2 aromatic carbocycles. The van der Waals surface area contributed by atoms with Gasteiger partial charge in [0.25, 0.3) is 0 Å². The number of nitrogens with zero attached hydrogens (tertiary/aromatic N) is 1. The van der Waals surface area contributed by atoms with Gasteiger partial charge in [0, 0.05) is 5.69 Å². The number of hydrogen-bond acceptors (Lipinski definition) is 3. The van der Waals surface area contributed by atoms with Gasteiger partial charge in [-0.05, 0) is 36.4 Å². The molecule has 100 valence electrons. The molecule has 0 atom stereocenters. The van der Waals surface area contributed by atoms with Crippen molar-refractivity contribution >= 4 is 28.6 Å². The van der Waals surface area contributed by atoms with Crippen molar-refractivity contribution in [1.29, 1.82) is 0 Å². The molecule has 0 aliphatic rings. The minimum Gasteiger partial charge on any atom is -0.478 e. The van der Waals surface area contributed by atoms with Gasteiger partial charge in [0.1, 0.15) is 5.82 Å². The van der Waals surface area contributed by atoms with Crippen LogP contribution in [0.25, 0.3) is 11.0 Å². The second-order valence-electron chi connectivity index (χ2n) is 4.26. The van der Waals surface area contributed by atoms with Gasteiger partial charge in [-0.1, -0.05) is 6.07 Å². The van der Waals surface area contributed by atoms with Crippen LogP contribution >= 0.6 is 0 Å². The van der Waals surface area contributed by atoms with Crippen LogP contribution in [0.15, 0.2) is 42.5 Å². The Morgan fingerprint density at radius 3 is 2.90 bits per heavy atom. The number of halogens is 1. The first-order valence-corrected chi connectivity index (χ1v) is 5.87. The highest BCUT2D eigenvalue weighted by molar-refractivity contribution is 5.89. The standard InChI is InChI=1S/C14H10FN3O2/c15-9-4-5-11-12(7-9)18-14(17-11)16-10-3-1-2-8(6-10)13(19)20/h1-7H,(H,19,20)(H2,16,17,18). The van der Waals surface area contributed by atoms with Crippen molar-refractivity contribution in [3.8, 4) is 0 Å². The molecule has 0 aliphatic heterocycles. The Balaban J connectivity index is 1.92. The summed E-state index contributed by atoms with van der Waals surface area (Å²) in [5, 5.41) is 11.9. The van der Waals surface area contributed by atoms with Crippen molar-refractivity contribution in [2.75, 3.05) is 5.32 Å². The third-order valence-corrected chi connectivity index (χ3v) is 2.82. The summed E-state index contributed by atoms with van der Waals surface area (Å²) >= 11 is 0. The first-order chi connectivity index (χ1) is 9.61. The second kappa shape index (κ2) is 4.65. The summed E-state index contributed by atoms with van der Waals surface area (Å²) in [6, 6.07) is 10.6. The number of hydrogen-bond donors (Lipinski definition) is 3. The van der Waals surface area contributed by atoms with Crippen LogP contribution in [0.2, 0.25) is 0 Å². The first-order valence-electron chi connectivity index (χ1n) is 5.87. The molecule has 0 radical (unpaired) electrons. The van der Waals surface area contributed by atoms with Crippen LogP contribution in [0.3, 0.4) is 0 Å². The highest BCUT2D eigenvalue weighted by Gasteiger charge is 2.06. The molecule has 0 unspecified atom stereocenters. The number of carbonyl (C=O) groups is 1. The molecular weight excluding hydrogens is 261 g/mol. The number of benzene rings is 2. The number of H-pyrrole nitrogens is 1. The van der Waals surface area contributed by atoms with Crippen molar-refractivity contribution in [2.45, 2.75) is 0 Å². The van der Waals surface area contributed by atoms with Crippen molar-refractivity contribution in [2.24, 2.45) is 0 Å². The molecule has 0 aliphatic carbocycles. The quantitative estimate of drug-likeness (QED) is 0.683. The van der Waals surface area contributed by atoms with E-state index in [1.54, 1.807) is 18.2 Å². The summed E-state index contributed by atoms with van der Waals surface area (Å²) in [6.45, 7) is 0. The zero-order valence-corrected chi connectivity index (χ0v) is 10.2. The maximum Gasteiger partial charge on any atom is 0.335 e. The fourth-order valence-electron chi connectivity index (χ4n) is 1.91. The molecule has 0 saturated heterocycles. The van der Waals surface area contributed by atoms with Crippen molar-refractivity contribution in [3.63, 3.8) is 0 Å². The maximum atomic E-state index is 13.1. The van der Waals surface area contributed by atoms with Crippen molar-refractivity contribution in [3.05, 3.63) is 53.8 Å². The van der Waals surface area contributed by atoms with E-state index in [9.17, 15) is 9.18 Å². The number of rotatable bonds is 3. The molecule has 20 heavy (non-hydrogen) atoms. The zero-order valence-electron chi connectivity index (χ0n) is 10.2. The number of anilines is 2. The van der Waals surface area contributed by atoms with Gasteiger partial charge < -0.3 is 15.4 Å². The molecule has 5 nitrogen and oxygen atoms in total. The number of aromatic carboxylic acids is 1. The normalized spacial score (nSPS) is 10.7. The summed E-state index contributed by atoms with van der Waals surface area (Å²) in [6.07, 6.45) is 0. The Kier molecular flexibility index (Phi) is 2.83. The van der Waals surface area contributed by atoms with Crippen LogP contribution in [0, 0.1) is 5.82 Å². The monoisotopic (exact) mass is 271 g/mol. The Bertz CT molecular complexity index is 798. The van der Waals surface area contributed by atoms with Gasteiger partial charge in [-0.15, -0.1) is 0 Å². The highest BCUT2D eigenvalue weighted by atomic mass is 19.1. The number of nitrogens with one attached hydrogen (secondary N) is 2. The molecule has 3 rings (SSSR count). The molecule has 0 fully saturated rings. The predicted octanol–water partition coefficient (Wildman–Crippen LogP) is 3.14. The summed E-state index contributed by atoms with van der Waals surface area (Å²) in [4.78, 5) is 18.1. The van der Waals surface area contributed by atoms with Gasteiger partial charge in [0.15, 0.2) is 0 Å². The molecule has 1 heterocycles. The highest BCUT2D eigenvalue weighted by Crippen LogP contribution is 2.19. The number of fused-ring (bicyclic) bond motifs is 1. The molecule has 6 heteroatoms. The minimum absolute atomic E-state index is 0.178. The molecule has 0 bridgehead atoms. The van der Waals surface area contributed by atoms with E-state index < -0.39 is 5.97 Å². The van der Waals surface area contributed by atoms with Gasteiger partial charge >= 0.3 is 5.97 Å². The van der Waals surface area contributed by atoms with Crippen LogP contribution < -0.4 is 5.32 Å². The summed E-state index contributed by atoms with van der Waals surface area (Å²) in [7, 11) is 0. The SMILES string of the molecule is O=C(O)c1cccc(Nc2nc3ccc(F)cc3[nH]2)c1. The second-order valence-corrected chi connectivity index (χ2v) is 4.26. The van der Waals surface area contributed by atoms with Crippen LogP contribution in [0.4, 0.5) is 16.0 Å². The van der Waals surface area contributed by atoms with Crippen LogP contribution in [-0.4, -0.2) is 21.0 Å². The lowest BCUT2D eigenvalue weighted by atomic mass is 10.2. The Morgan fingerprint density at radius 1 is 1.25 bits per heavy atom. The minimum atomic E-state index is -1.000. The van der Waals surface area contributed by atoms with E-state index in [1.165, 1.54) is 24.3 Å². The Morgan fingerprint density at radius 2 is 2.10 bits per heavy atom. The third-order valence-electron chi connectivity index (χ3n) is 2.82. The summed E-state index contributed by atoms with van der Waals surface area (Å²) < 4.78 is 13.1. The Labute approximate surface area is 113 Å². The molecular formula is C14H10FN3O2. The smallest absolute Gasteiger partial charge is 0.335 e.